The summed E-state index contributed by atoms with van der Waals surface area (Å²) in [6, 6.07) is 28.4. The van der Waals surface area contributed by atoms with E-state index in [1.54, 1.807) is 29.7 Å². The average molecular weight is 702 g/mol. The first-order valence-corrected chi connectivity index (χ1v) is 16.5. The first-order chi connectivity index (χ1) is 24.6. The molecule has 8 rings (SSSR count). The molecule has 0 saturated carbocycles. The molecule has 0 saturated heterocycles. The number of benzene rings is 6. The van der Waals surface area contributed by atoms with Crippen LogP contribution in [0, 0.1) is 34.3 Å². The van der Waals surface area contributed by atoms with Crippen molar-refractivity contribution in [2.75, 3.05) is 0 Å². The summed E-state index contributed by atoms with van der Waals surface area (Å²) < 4.78 is 88.9. The summed E-state index contributed by atoms with van der Waals surface area (Å²) >= 11 is 0. The van der Waals surface area contributed by atoms with Gasteiger partial charge in [0.25, 0.3) is 0 Å². The Bertz CT molecular complexity index is 2770. The second-order valence-electron chi connectivity index (χ2n) is 13.5. The lowest BCUT2D eigenvalue weighted by atomic mass is 9.97. The predicted octanol–water partition coefficient (Wildman–Crippen LogP) is 13.4. The second-order valence-corrected chi connectivity index (χ2v) is 13.5. The number of aryl methyl sites for hydroxylation is 4. The standard InChI is InChI=1S/C43H29F6N3/c1-23-6-10-30-31-11-7-24(2)17-37(31)51(36(30)16-23)40-21-34(27-14-26(4)15-29(19-27)43(47,48)49)35(50-5)22-41(40)52-38-18-25(3)8-12-32(38)33-13-9-28(20-39(33)52)42(44,45)46/h6-22H,1-4H3. The van der Waals surface area contributed by atoms with Crippen LogP contribution in [0.1, 0.15) is 33.4 Å². The van der Waals surface area contributed by atoms with Gasteiger partial charge in [0.05, 0.1) is 51.1 Å². The van der Waals surface area contributed by atoms with Crippen LogP contribution in [-0.4, -0.2) is 9.13 Å². The van der Waals surface area contributed by atoms with E-state index < -0.39 is 23.5 Å². The zero-order valence-corrected chi connectivity index (χ0v) is 28.4. The van der Waals surface area contributed by atoms with Crippen molar-refractivity contribution in [1.29, 1.82) is 0 Å². The molecule has 2 heterocycles. The molecule has 3 nitrogen and oxygen atoms in total. The van der Waals surface area contributed by atoms with Gasteiger partial charge in [0.15, 0.2) is 5.69 Å². The quantitative estimate of drug-likeness (QED) is 0.129. The molecule has 0 unspecified atom stereocenters. The summed E-state index contributed by atoms with van der Waals surface area (Å²) in [7, 11) is 0. The summed E-state index contributed by atoms with van der Waals surface area (Å²) in [5.41, 5.74) is 5.44. The molecular formula is C43H29F6N3. The second kappa shape index (κ2) is 11.5. The van der Waals surface area contributed by atoms with Crippen LogP contribution >= 0.6 is 0 Å². The lowest BCUT2D eigenvalue weighted by molar-refractivity contribution is -0.138. The van der Waals surface area contributed by atoms with Crippen LogP contribution in [0.4, 0.5) is 32.0 Å². The Morgan fingerprint density at radius 3 is 1.37 bits per heavy atom. The van der Waals surface area contributed by atoms with Gasteiger partial charge in [-0.1, -0.05) is 48.5 Å². The molecule has 0 aliphatic carbocycles. The Hall–Kier alpha value is -6.01. The van der Waals surface area contributed by atoms with Gasteiger partial charge in [-0.2, -0.15) is 26.3 Å². The molecule has 0 radical (unpaired) electrons. The highest BCUT2D eigenvalue weighted by atomic mass is 19.4. The van der Waals surface area contributed by atoms with Gasteiger partial charge in [-0.25, -0.2) is 4.85 Å². The largest absolute Gasteiger partial charge is 0.416 e. The highest BCUT2D eigenvalue weighted by molar-refractivity contribution is 6.12. The maximum absolute atomic E-state index is 14.3. The predicted molar refractivity (Wildman–Crippen MR) is 196 cm³/mol. The Balaban J connectivity index is 1.60. The van der Waals surface area contributed by atoms with Gasteiger partial charge >= 0.3 is 12.4 Å². The van der Waals surface area contributed by atoms with Crippen LogP contribution in [-0.2, 0) is 12.4 Å². The number of hydrogen-bond donors (Lipinski definition) is 0. The number of hydrogen-bond acceptors (Lipinski definition) is 0. The van der Waals surface area contributed by atoms with E-state index in [9.17, 15) is 26.3 Å². The van der Waals surface area contributed by atoms with E-state index in [1.165, 1.54) is 6.07 Å². The van der Waals surface area contributed by atoms with Crippen molar-refractivity contribution in [3.8, 4) is 22.5 Å². The number of alkyl halides is 6. The maximum atomic E-state index is 14.3. The molecule has 9 heteroatoms. The molecule has 0 bridgehead atoms. The molecule has 258 valence electrons. The van der Waals surface area contributed by atoms with Crippen LogP contribution in [0.2, 0.25) is 0 Å². The Labute approximate surface area is 294 Å². The first kappa shape index (κ1) is 33.2. The van der Waals surface area contributed by atoms with Crippen molar-refractivity contribution in [2.24, 2.45) is 0 Å². The molecule has 0 spiro atoms. The molecular weight excluding hydrogens is 672 g/mol. The van der Waals surface area contributed by atoms with Gasteiger partial charge in [-0.15, -0.1) is 0 Å². The number of halogens is 6. The van der Waals surface area contributed by atoms with Gasteiger partial charge in [0.1, 0.15) is 0 Å². The Kier molecular flexibility index (Phi) is 7.33. The zero-order chi connectivity index (χ0) is 36.9. The molecule has 0 aliphatic heterocycles. The molecule has 2 aromatic heterocycles. The van der Waals surface area contributed by atoms with Gasteiger partial charge < -0.3 is 9.13 Å². The van der Waals surface area contributed by atoms with Crippen LogP contribution in [0.25, 0.3) is 71.0 Å². The highest BCUT2D eigenvalue weighted by Gasteiger charge is 2.33. The third-order valence-electron chi connectivity index (χ3n) is 9.74. The third kappa shape index (κ3) is 5.29. The van der Waals surface area contributed by atoms with E-state index in [4.69, 9.17) is 6.57 Å². The average Bonchev–Trinajstić information content (AvgIpc) is 3.57. The van der Waals surface area contributed by atoms with Gasteiger partial charge in [0, 0.05) is 21.5 Å². The summed E-state index contributed by atoms with van der Waals surface area (Å²) in [5, 5.41) is 3.16. The topological polar surface area (TPSA) is 14.2 Å². The maximum Gasteiger partial charge on any atom is 0.416 e. The van der Waals surface area contributed by atoms with Gasteiger partial charge in [-0.05, 0) is 116 Å². The smallest absolute Gasteiger partial charge is 0.308 e. The number of aromatic nitrogens is 2. The van der Waals surface area contributed by atoms with Crippen LogP contribution in [0.15, 0.2) is 103 Å². The van der Waals surface area contributed by atoms with E-state index in [1.807, 2.05) is 79.9 Å². The van der Waals surface area contributed by atoms with Crippen molar-refractivity contribution in [2.45, 2.75) is 40.0 Å². The van der Waals surface area contributed by atoms with Crippen molar-refractivity contribution in [1.82, 2.24) is 9.13 Å². The molecule has 0 amide bonds. The van der Waals surface area contributed by atoms with Crippen molar-refractivity contribution >= 4 is 49.3 Å². The summed E-state index contributed by atoms with van der Waals surface area (Å²) in [4.78, 5) is 3.81. The minimum atomic E-state index is -4.62. The lowest BCUT2D eigenvalue weighted by Gasteiger charge is -2.21. The minimum Gasteiger partial charge on any atom is -0.308 e. The van der Waals surface area contributed by atoms with E-state index in [-0.39, 0.29) is 22.3 Å². The normalized spacial score (nSPS) is 12.4. The summed E-state index contributed by atoms with van der Waals surface area (Å²) in [6.45, 7) is 15.6. The summed E-state index contributed by atoms with van der Waals surface area (Å²) in [5.74, 6) is 0. The highest BCUT2D eigenvalue weighted by Crippen LogP contribution is 2.45. The molecule has 6 aromatic carbocycles. The molecule has 52 heavy (non-hydrogen) atoms. The fourth-order valence-corrected chi connectivity index (χ4v) is 7.41. The Morgan fingerprint density at radius 2 is 0.904 bits per heavy atom. The molecule has 0 N–H and O–H groups in total. The van der Waals surface area contributed by atoms with Crippen molar-refractivity contribution in [3.63, 3.8) is 0 Å². The van der Waals surface area contributed by atoms with E-state index >= 15 is 0 Å². The van der Waals surface area contributed by atoms with Crippen molar-refractivity contribution in [3.05, 3.63) is 148 Å². The minimum absolute atomic E-state index is 0.0558. The SMILES string of the molecule is [C-]#[N+]c1cc(-n2c3cc(C)ccc3c3ccc(C(F)(F)F)cc32)c(-n2c3cc(C)ccc3c3ccc(C)cc32)cc1-c1cc(C)cc(C(F)(F)F)c1. The first-order valence-electron chi connectivity index (χ1n) is 16.5. The monoisotopic (exact) mass is 701 g/mol. The van der Waals surface area contributed by atoms with Crippen LogP contribution in [0.3, 0.4) is 0 Å². The molecule has 0 aliphatic rings. The number of rotatable bonds is 3. The van der Waals surface area contributed by atoms with Crippen LogP contribution < -0.4 is 0 Å². The van der Waals surface area contributed by atoms with Gasteiger partial charge in [0.2, 0.25) is 0 Å². The van der Waals surface area contributed by atoms with Crippen molar-refractivity contribution < 1.29 is 26.3 Å². The fourth-order valence-electron chi connectivity index (χ4n) is 7.41. The third-order valence-corrected chi connectivity index (χ3v) is 9.74. The fraction of sp³-hybridized carbons (Fsp3) is 0.140. The number of fused-ring (bicyclic) bond motifs is 6. The van der Waals surface area contributed by atoms with Gasteiger partial charge in [-0.3, -0.25) is 0 Å². The van der Waals surface area contributed by atoms with E-state index in [0.29, 0.717) is 27.8 Å². The molecule has 8 aromatic rings. The zero-order valence-electron chi connectivity index (χ0n) is 28.4. The number of nitrogens with zero attached hydrogens (tertiary/aromatic N) is 3. The van der Waals surface area contributed by atoms with E-state index in [0.717, 1.165) is 68.1 Å². The molecule has 0 atom stereocenters. The lowest BCUT2D eigenvalue weighted by Crippen LogP contribution is -2.07. The molecule has 0 fully saturated rings. The van der Waals surface area contributed by atoms with Crippen LogP contribution in [0.5, 0.6) is 0 Å². The Morgan fingerprint density at radius 1 is 0.462 bits per heavy atom. The van der Waals surface area contributed by atoms with E-state index in [2.05, 4.69) is 4.85 Å². The summed E-state index contributed by atoms with van der Waals surface area (Å²) in [6.07, 6.45) is -9.25.